The summed E-state index contributed by atoms with van der Waals surface area (Å²) >= 11 is 0. The fourth-order valence-corrected chi connectivity index (χ4v) is 4.74. The van der Waals surface area contributed by atoms with E-state index in [9.17, 15) is 14.7 Å². The minimum atomic E-state index is -0.824. The summed E-state index contributed by atoms with van der Waals surface area (Å²) in [5, 5.41) is 10.7. The van der Waals surface area contributed by atoms with Crippen molar-refractivity contribution in [3.63, 3.8) is 0 Å². The number of fused-ring (bicyclic) bond motifs is 2. The summed E-state index contributed by atoms with van der Waals surface area (Å²) in [6.45, 7) is 1.95. The molecule has 9 nitrogen and oxygen atoms in total. The van der Waals surface area contributed by atoms with E-state index in [0.717, 1.165) is 19.5 Å². The molecule has 36 heavy (non-hydrogen) atoms. The second-order valence-corrected chi connectivity index (χ2v) is 8.81. The van der Waals surface area contributed by atoms with E-state index < -0.39 is 23.1 Å². The molecule has 188 valence electrons. The van der Waals surface area contributed by atoms with Crippen molar-refractivity contribution in [3.05, 3.63) is 80.9 Å². The largest absolute Gasteiger partial charge is 0.502 e. The van der Waals surface area contributed by atoms with Gasteiger partial charge < -0.3 is 28.5 Å². The van der Waals surface area contributed by atoms with Gasteiger partial charge in [0.05, 0.1) is 33.1 Å². The standard InChI is InChI=1S/C27H27NO8/c1-32-22-9-18(10-23-27(22)35-15-34-23)20(12-24(30)33-2)26-25(31)21(29)11-19(36-26)14-28-8-7-16-5-3-4-6-17(16)13-28/h3-6,9-11,20,31H,7-8,12-15H2,1-2H3/t20-/m0/s1. The van der Waals surface area contributed by atoms with Crippen LogP contribution in [-0.2, 0) is 29.0 Å². The number of hydrogen-bond donors (Lipinski definition) is 1. The van der Waals surface area contributed by atoms with E-state index >= 15 is 0 Å². The van der Waals surface area contributed by atoms with Gasteiger partial charge in [-0.15, -0.1) is 0 Å². The SMILES string of the molecule is COC(=O)C[C@@H](c1cc(OC)c2c(c1)OCO2)c1oc(CN2CCc3ccccc3C2)cc(=O)c1O. The highest BCUT2D eigenvalue weighted by atomic mass is 16.7. The molecule has 0 bridgehead atoms. The maximum atomic E-state index is 12.8. The Hall–Kier alpha value is -3.98. The molecule has 2 aliphatic heterocycles. The molecule has 0 unspecified atom stereocenters. The van der Waals surface area contributed by atoms with Crippen molar-refractivity contribution in [1.82, 2.24) is 4.90 Å². The molecule has 0 spiro atoms. The molecule has 3 aromatic rings. The smallest absolute Gasteiger partial charge is 0.306 e. The average molecular weight is 494 g/mol. The van der Waals surface area contributed by atoms with Gasteiger partial charge in [-0.2, -0.15) is 0 Å². The number of benzene rings is 2. The number of esters is 1. The van der Waals surface area contributed by atoms with E-state index in [1.165, 1.54) is 31.4 Å². The molecule has 0 saturated heterocycles. The molecule has 0 aliphatic carbocycles. The van der Waals surface area contributed by atoms with Crippen LogP contribution in [0.4, 0.5) is 0 Å². The number of rotatable bonds is 7. The van der Waals surface area contributed by atoms with Gasteiger partial charge in [-0.05, 0) is 35.2 Å². The fourth-order valence-electron chi connectivity index (χ4n) is 4.74. The van der Waals surface area contributed by atoms with Gasteiger partial charge >= 0.3 is 5.97 Å². The van der Waals surface area contributed by atoms with Crippen molar-refractivity contribution >= 4 is 5.97 Å². The number of carbonyl (C=O) groups excluding carboxylic acids is 1. The quantitative estimate of drug-likeness (QED) is 0.496. The fraction of sp³-hybridized carbons (Fsp3) is 0.333. The summed E-state index contributed by atoms with van der Waals surface area (Å²) in [6.07, 6.45) is 0.726. The Bertz CT molecular complexity index is 1350. The molecule has 3 heterocycles. The molecule has 0 radical (unpaired) electrons. The van der Waals surface area contributed by atoms with Gasteiger partial charge in [-0.3, -0.25) is 14.5 Å². The Morgan fingerprint density at radius 2 is 1.94 bits per heavy atom. The number of nitrogens with zero attached hydrogens (tertiary/aromatic N) is 1. The second kappa shape index (κ2) is 9.94. The van der Waals surface area contributed by atoms with Gasteiger partial charge in [0.1, 0.15) is 5.76 Å². The van der Waals surface area contributed by atoms with E-state index in [2.05, 4.69) is 17.0 Å². The van der Waals surface area contributed by atoms with Crippen LogP contribution in [0.1, 0.15) is 40.5 Å². The van der Waals surface area contributed by atoms with E-state index in [0.29, 0.717) is 35.1 Å². The van der Waals surface area contributed by atoms with E-state index in [-0.39, 0.29) is 19.0 Å². The summed E-state index contributed by atoms with van der Waals surface area (Å²) in [4.78, 5) is 27.3. The third kappa shape index (κ3) is 4.61. The minimum Gasteiger partial charge on any atom is -0.502 e. The predicted molar refractivity (Wildman–Crippen MR) is 128 cm³/mol. The molecule has 2 aromatic carbocycles. The molecular formula is C27H27NO8. The van der Waals surface area contributed by atoms with Crippen LogP contribution in [0.5, 0.6) is 23.0 Å². The average Bonchev–Trinajstić information content (AvgIpc) is 3.37. The summed E-state index contributed by atoms with van der Waals surface area (Å²) < 4.78 is 27.4. The first-order valence-electron chi connectivity index (χ1n) is 11.7. The van der Waals surface area contributed by atoms with Crippen molar-refractivity contribution in [2.75, 3.05) is 27.6 Å². The Balaban J connectivity index is 1.51. The van der Waals surface area contributed by atoms with E-state index in [4.69, 9.17) is 23.4 Å². The third-order valence-corrected chi connectivity index (χ3v) is 6.59. The molecule has 1 N–H and O–H groups in total. The van der Waals surface area contributed by atoms with Gasteiger partial charge in [0.25, 0.3) is 0 Å². The summed E-state index contributed by atoms with van der Waals surface area (Å²) in [5.74, 6) is -0.233. The molecular weight excluding hydrogens is 466 g/mol. The Labute approximate surface area is 207 Å². The lowest BCUT2D eigenvalue weighted by atomic mass is 9.91. The van der Waals surface area contributed by atoms with Crippen molar-refractivity contribution in [2.45, 2.75) is 31.8 Å². The molecule has 2 aliphatic rings. The molecule has 0 amide bonds. The highest BCUT2D eigenvalue weighted by Gasteiger charge is 2.30. The number of hydrogen-bond acceptors (Lipinski definition) is 9. The summed E-state index contributed by atoms with van der Waals surface area (Å²) in [6, 6.07) is 12.9. The Kier molecular flexibility index (Phi) is 6.56. The number of aromatic hydroxyl groups is 1. The second-order valence-electron chi connectivity index (χ2n) is 8.81. The first kappa shape index (κ1) is 23.7. The lowest BCUT2D eigenvalue weighted by Crippen LogP contribution is -2.30. The molecule has 0 fully saturated rings. The van der Waals surface area contributed by atoms with Gasteiger partial charge in [-0.1, -0.05) is 24.3 Å². The van der Waals surface area contributed by atoms with Crippen LogP contribution in [0.15, 0.2) is 51.7 Å². The van der Waals surface area contributed by atoms with Gasteiger partial charge in [0, 0.05) is 19.2 Å². The van der Waals surface area contributed by atoms with E-state index in [1.54, 1.807) is 12.1 Å². The Morgan fingerprint density at radius 1 is 1.14 bits per heavy atom. The highest BCUT2D eigenvalue weighted by molar-refractivity contribution is 5.71. The van der Waals surface area contributed by atoms with Crippen LogP contribution in [-0.4, -0.2) is 43.5 Å². The van der Waals surface area contributed by atoms with Gasteiger partial charge in [-0.25, -0.2) is 0 Å². The van der Waals surface area contributed by atoms with Crippen LogP contribution < -0.4 is 19.6 Å². The predicted octanol–water partition coefficient (Wildman–Crippen LogP) is 3.34. The van der Waals surface area contributed by atoms with Crippen molar-refractivity contribution in [2.24, 2.45) is 0 Å². The zero-order valence-electron chi connectivity index (χ0n) is 20.1. The minimum absolute atomic E-state index is 0.0128. The topological polar surface area (TPSA) is 108 Å². The first-order chi connectivity index (χ1) is 17.5. The van der Waals surface area contributed by atoms with Crippen LogP contribution in [0.25, 0.3) is 0 Å². The lowest BCUT2D eigenvalue weighted by molar-refractivity contribution is -0.140. The Morgan fingerprint density at radius 3 is 2.72 bits per heavy atom. The zero-order valence-corrected chi connectivity index (χ0v) is 20.1. The summed E-state index contributed by atoms with van der Waals surface area (Å²) in [5.41, 5.74) is 2.52. The van der Waals surface area contributed by atoms with Gasteiger partial charge in [0.15, 0.2) is 17.3 Å². The molecule has 1 atom stereocenters. The van der Waals surface area contributed by atoms with Crippen LogP contribution >= 0.6 is 0 Å². The summed E-state index contributed by atoms with van der Waals surface area (Å²) in [7, 11) is 2.77. The van der Waals surface area contributed by atoms with Crippen molar-refractivity contribution < 1.29 is 33.3 Å². The maximum absolute atomic E-state index is 12.8. The third-order valence-electron chi connectivity index (χ3n) is 6.59. The highest BCUT2D eigenvalue weighted by Crippen LogP contribution is 2.45. The van der Waals surface area contributed by atoms with Crippen LogP contribution in [0.3, 0.4) is 0 Å². The monoisotopic (exact) mass is 493 g/mol. The van der Waals surface area contributed by atoms with Gasteiger partial charge in [0.2, 0.25) is 23.7 Å². The molecule has 9 heteroatoms. The zero-order chi connectivity index (χ0) is 25.2. The first-order valence-corrected chi connectivity index (χ1v) is 11.7. The van der Waals surface area contributed by atoms with Crippen LogP contribution in [0, 0.1) is 0 Å². The number of ether oxygens (including phenoxy) is 4. The number of carbonyl (C=O) groups is 1. The normalized spacial score (nSPS) is 15.3. The molecule has 5 rings (SSSR count). The van der Waals surface area contributed by atoms with Crippen LogP contribution in [0.2, 0.25) is 0 Å². The maximum Gasteiger partial charge on any atom is 0.306 e. The number of methoxy groups -OCH3 is 2. The van der Waals surface area contributed by atoms with E-state index in [1.807, 2.05) is 12.1 Å². The van der Waals surface area contributed by atoms with Crippen molar-refractivity contribution in [3.8, 4) is 23.0 Å². The molecule has 1 aromatic heterocycles. The van der Waals surface area contributed by atoms with Crippen molar-refractivity contribution in [1.29, 1.82) is 0 Å². The molecule has 0 saturated carbocycles. The lowest BCUT2D eigenvalue weighted by Gasteiger charge is -2.28.